The van der Waals surface area contributed by atoms with Crippen LogP contribution in [0.1, 0.15) is 25.3 Å². The molecule has 2 aromatic rings. The molecular formula is C24H33IN6O2. The molecule has 2 fully saturated rings. The zero-order valence-electron chi connectivity index (χ0n) is 19.1. The molecule has 1 amide bonds. The first kappa shape index (κ1) is 25.2. The molecule has 0 spiro atoms. The van der Waals surface area contributed by atoms with Gasteiger partial charge in [-0.2, -0.15) is 0 Å². The van der Waals surface area contributed by atoms with Gasteiger partial charge >= 0.3 is 0 Å². The van der Waals surface area contributed by atoms with E-state index in [4.69, 9.17) is 9.73 Å². The highest BCUT2D eigenvalue weighted by atomic mass is 127. The standard InChI is InChI=1S/C24H32N6O2.HI/c1-2-25-24(30-14-12-29(13-15-30)22-10-3-4-11-26-22)27-18-19-7-5-8-20(17-19)28-23(31)21-9-6-16-32-21;/h3-5,7-8,10-11,17,21H,2,6,9,12-16,18H2,1H3,(H,25,27)(H,28,31);1H. The van der Waals surface area contributed by atoms with E-state index in [1.165, 1.54) is 0 Å². The van der Waals surface area contributed by atoms with E-state index in [2.05, 4.69) is 38.4 Å². The number of aromatic nitrogens is 1. The van der Waals surface area contributed by atoms with Crippen molar-refractivity contribution in [2.45, 2.75) is 32.4 Å². The average Bonchev–Trinajstić information content (AvgIpc) is 3.38. The number of anilines is 2. The van der Waals surface area contributed by atoms with Crippen molar-refractivity contribution in [1.29, 1.82) is 0 Å². The van der Waals surface area contributed by atoms with Crippen molar-refractivity contribution in [1.82, 2.24) is 15.2 Å². The van der Waals surface area contributed by atoms with Gasteiger partial charge in [-0.25, -0.2) is 9.98 Å². The maximum atomic E-state index is 12.3. The third-order valence-corrected chi connectivity index (χ3v) is 5.72. The fourth-order valence-corrected chi connectivity index (χ4v) is 4.03. The Morgan fingerprint density at radius 1 is 1.18 bits per heavy atom. The zero-order valence-corrected chi connectivity index (χ0v) is 21.4. The van der Waals surface area contributed by atoms with Crippen molar-refractivity contribution in [3.63, 3.8) is 0 Å². The highest BCUT2D eigenvalue weighted by Gasteiger charge is 2.23. The third kappa shape index (κ3) is 7.04. The van der Waals surface area contributed by atoms with Crippen LogP contribution in [0.5, 0.6) is 0 Å². The summed E-state index contributed by atoms with van der Waals surface area (Å²) in [6.07, 6.45) is 3.23. The fourth-order valence-electron chi connectivity index (χ4n) is 4.03. The van der Waals surface area contributed by atoms with E-state index in [-0.39, 0.29) is 36.0 Å². The Hall–Kier alpha value is -2.40. The molecule has 0 bridgehead atoms. The number of guanidine groups is 1. The maximum Gasteiger partial charge on any atom is 0.253 e. The molecule has 2 aliphatic heterocycles. The number of nitrogens with zero attached hydrogens (tertiary/aromatic N) is 4. The molecule has 2 aliphatic rings. The zero-order chi connectivity index (χ0) is 22.2. The van der Waals surface area contributed by atoms with Crippen LogP contribution in [0.4, 0.5) is 11.5 Å². The Bertz CT molecular complexity index is 912. The molecule has 0 saturated carbocycles. The Morgan fingerprint density at radius 2 is 2.03 bits per heavy atom. The summed E-state index contributed by atoms with van der Waals surface area (Å²) in [5.41, 5.74) is 1.84. The second kappa shape index (κ2) is 12.7. The minimum absolute atomic E-state index is 0. The molecule has 8 nitrogen and oxygen atoms in total. The van der Waals surface area contributed by atoms with Crippen LogP contribution in [0.2, 0.25) is 0 Å². The number of carbonyl (C=O) groups excluding carboxylic acids is 1. The monoisotopic (exact) mass is 564 g/mol. The topological polar surface area (TPSA) is 82.1 Å². The van der Waals surface area contributed by atoms with Gasteiger partial charge in [0, 0.05) is 51.2 Å². The summed E-state index contributed by atoms with van der Waals surface area (Å²) in [5, 5.41) is 6.39. The van der Waals surface area contributed by atoms with Crippen LogP contribution in [0.3, 0.4) is 0 Å². The molecule has 1 unspecified atom stereocenters. The van der Waals surface area contributed by atoms with E-state index >= 15 is 0 Å². The van der Waals surface area contributed by atoms with Crippen LogP contribution < -0.4 is 15.5 Å². The van der Waals surface area contributed by atoms with E-state index < -0.39 is 0 Å². The largest absolute Gasteiger partial charge is 0.368 e. The Morgan fingerprint density at radius 3 is 2.73 bits per heavy atom. The number of benzene rings is 1. The van der Waals surface area contributed by atoms with Crippen LogP contribution in [0, 0.1) is 0 Å². The summed E-state index contributed by atoms with van der Waals surface area (Å²) in [6.45, 7) is 7.71. The normalized spacial score (nSPS) is 18.6. The number of nitrogens with one attached hydrogen (secondary N) is 2. The van der Waals surface area contributed by atoms with Gasteiger partial charge in [-0.05, 0) is 49.6 Å². The van der Waals surface area contributed by atoms with Crippen LogP contribution in [-0.4, -0.2) is 67.2 Å². The summed E-state index contributed by atoms with van der Waals surface area (Å²) in [4.78, 5) is 26.3. The second-order valence-electron chi connectivity index (χ2n) is 8.02. The number of amides is 1. The summed E-state index contributed by atoms with van der Waals surface area (Å²) in [5.74, 6) is 1.88. The van der Waals surface area contributed by atoms with Crippen LogP contribution in [0.25, 0.3) is 0 Å². The van der Waals surface area contributed by atoms with Gasteiger partial charge in [0.2, 0.25) is 0 Å². The third-order valence-electron chi connectivity index (χ3n) is 5.72. The fraction of sp³-hybridized carbons (Fsp3) is 0.458. The SMILES string of the molecule is CCNC(=NCc1cccc(NC(=O)C2CCCO2)c1)N1CCN(c2ccccn2)CC1.I. The van der Waals surface area contributed by atoms with Crippen molar-refractivity contribution >= 4 is 47.3 Å². The lowest BCUT2D eigenvalue weighted by atomic mass is 10.2. The maximum absolute atomic E-state index is 12.3. The van der Waals surface area contributed by atoms with Crippen molar-refractivity contribution in [3.8, 4) is 0 Å². The van der Waals surface area contributed by atoms with Crippen molar-refractivity contribution in [2.75, 3.05) is 49.5 Å². The molecule has 178 valence electrons. The number of piperazine rings is 1. The molecule has 1 atom stereocenters. The number of hydrogen-bond donors (Lipinski definition) is 2. The van der Waals surface area contributed by atoms with Crippen LogP contribution in [0.15, 0.2) is 53.7 Å². The smallest absolute Gasteiger partial charge is 0.253 e. The molecule has 0 aliphatic carbocycles. The van der Waals surface area contributed by atoms with Gasteiger partial charge in [0.1, 0.15) is 11.9 Å². The molecule has 2 N–H and O–H groups in total. The minimum Gasteiger partial charge on any atom is -0.368 e. The number of hydrogen-bond acceptors (Lipinski definition) is 5. The lowest BCUT2D eigenvalue weighted by Crippen LogP contribution is -2.52. The first-order valence-corrected chi connectivity index (χ1v) is 11.4. The number of ether oxygens (including phenoxy) is 1. The van der Waals surface area contributed by atoms with Crippen molar-refractivity contribution in [2.24, 2.45) is 4.99 Å². The summed E-state index contributed by atoms with van der Waals surface area (Å²) < 4.78 is 5.47. The first-order valence-electron chi connectivity index (χ1n) is 11.4. The Labute approximate surface area is 212 Å². The minimum atomic E-state index is -0.332. The molecule has 1 aromatic carbocycles. The van der Waals surface area contributed by atoms with E-state index in [1.54, 1.807) is 0 Å². The molecule has 33 heavy (non-hydrogen) atoms. The molecule has 1 aromatic heterocycles. The summed E-state index contributed by atoms with van der Waals surface area (Å²) in [6, 6.07) is 13.9. The van der Waals surface area contributed by atoms with Gasteiger partial charge < -0.3 is 25.2 Å². The number of halogens is 1. The predicted octanol–water partition coefficient (Wildman–Crippen LogP) is 3.10. The van der Waals surface area contributed by atoms with Gasteiger partial charge in [-0.3, -0.25) is 4.79 Å². The first-order chi connectivity index (χ1) is 15.7. The van der Waals surface area contributed by atoms with Gasteiger partial charge in [-0.15, -0.1) is 24.0 Å². The van der Waals surface area contributed by atoms with Gasteiger partial charge in [-0.1, -0.05) is 18.2 Å². The van der Waals surface area contributed by atoms with Crippen molar-refractivity contribution in [3.05, 3.63) is 54.2 Å². The second-order valence-corrected chi connectivity index (χ2v) is 8.02. The lowest BCUT2D eigenvalue weighted by Gasteiger charge is -2.37. The highest BCUT2D eigenvalue weighted by Crippen LogP contribution is 2.17. The summed E-state index contributed by atoms with van der Waals surface area (Å²) in [7, 11) is 0. The number of rotatable bonds is 6. The molecule has 4 rings (SSSR count). The van der Waals surface area contributed by atoms with E-state index in [0.29, 0.717) is 13.2 Å². The molecular weight excluding hydrogens is 531 g/mol. The molecule has 9 heteroatoms. The number of carbonyl (C=O) groups is 1. The highest BCUT2D eigenvalue weighted by molar-refractivity contribution is 14.0. The van der Waals surface area contributed by atoms with E-state index in [1.807, 2.05) is 42.6 Å². The van der Waals surface area contributed by atoms with E-state index in [0.717, 1.165) is 68.6 Å². The quantitative estimate of drug-likeness (QED) is 0.319. The Balaban J connectivity index is 0.00000306. The average molecular weight is 564 g/mol. The van der Waals surface area contributed by atoms with Gasteiger partial charge in [0.05, 0.1) is 6.54 Å². The van der Waals surface area contributed by atoms with Crippen molar-refractivity contribution < 1.29 is 9.53 Å². The number of aliphatic imine (C=N–C) groups is 1. The van der Waals surface area contributed by atoms with Crippen LogP contribution >= 0.6 is 24.0 Å². The summed E-state index contributed by atoms with van der Waals surface area (Å²) >= 11 is 0. The Kier molecular flexibility index (Phi) is 9.74. The van der Waals surface area contributed by atoms with E-state index in [9.17, 15) is 4.79 Å². The van der Waals surface area contributed by atoms with Gasteiger partial charge in [0.25, 0.3) is 5.91 Å². The number of pyridine rings is 1. The lowest BCUT2D eigenvalue weighted by molar-refractivity contribution is -0.124. The molecule has 2 saturated heterocycles. The predicted molar refractivity (Wildman–Crippen MR) is 142 cm³/mol. The molecule has 3 heterocycles. The molecule has 0 radical (unpaired) electrons. The van der Waals surface area contributed by atoms with Gasteiger partial charge in [0.15, 0.2) is 5.96 Å². The van der Waals surface area contributed by atoms with Crippen LogP contribution in [-0.2, 0) is 16.1 Å².